The summed E-state index contributed by atoms with van der Waals surface area (Å²) >= 11 is 0. The van der Waals surface area contributed by atoms with E-state index in [9.17, 15) is 4.79 Å². The molecule has 0 atom stereocenters. The van der Waals surface area contributed by atoms with Crippen LogP contribution >= 0.6 is 0 Å². The second-order valence-corrected chi connectivity index (χ2v) is 4.58. The van der Waals surface area contributed by atoms with E-state index in [1.807, 2.05) is 11.8 Å². The van der Waals surface area contributed by atoms with Gasteiger partial charge in [-0.3, -0.25) is 4.79 Å². The van der Waals surface area contributed by atoms with Gasteiger partial charge < -0.3 is 20.3 Å². The molecule has 1 aromatic heterocycles. The van der Waals surface area contributed by atoms with Crippen molar-refractivity contribution >= 4 is 17.5 Å². The van der Waals surface area contributed by atoms with Gasteiger partial charge in [0.25, 0.3) is 0 Å². The van der Waals surface area contributed by atoms with Crippen molar-refractivity contribution < 1.29 is 9.53 Å². The molecule has 1 aromatic rings. The monoisotopic (exact) mass is 279 g/mol. The minimum atomic E-state index is 0.0909. The largest absolute Gasteiger partial charge is 0.490 e. The summed E-state index contributed by atoms with van der Waals surface area (Å²) in [6.45, 7) is 4.64. The molecule has 0 saturated carbocycles. The molecule has 20 heavy (non-hydrogen) atoms. The normalized spacial score (nSPS) is 14.2. The molecule has 0 radical (unpaired) electrons. The van der Waals surface area contributed by atoms with Crippen LogP contribution in [0.1, 0.15) is 19.8 Å². The highest BCUT2D eigenvalue weighted by atomic mass is 16.5. The maximum absolute atomic E-state index is 12.0. The van der Waals surface area contributed by atoms with Gasteiger partial charge in [0, 0.05) is 19.6 Å². The molecule has 0 aromatic carbocycles. The Kier molecular flexibility index (Phi) is 4.97. The first kappa shape index (κ1) is 14.4. The van der Waals surface area contributed by atoms with E-state index in [1.165, 1.54) is 6.33 Å². The van der Waals surface area contributed by atoms with E-state index >= 15 is 0 Å². The fourth-order valence-electron chi connectivity index (χ4n) is 2.22. The number of methoxy groups -OCH3 is 1. The molecule has 0 spiro atoms. The lowest BCUT2D eigenvalue weighted by Gasteiger charge is -2.17. The average Bonchev–Trinajstić information content (AvgIpc) is 2.99. The SMILES string of the molecule is CCNc1ncnc(NCC(=O)N2CCCC2)c1OC. The Morgan fingerprint density at radius 2 is 1.95 bits per heavy atom. The molecular weight excluding hydrogens is 258 g/mol. The number of carbonyl (C=O) groups excluding carboxylic acids is 1. The maximum atomic E-state index is 12.0. The molecule has 2 rings (SSSR count). The zero-order valence-corrected chi connectivity index (χ0v) is 12.0. The molecule has 0 unspecified atom stereocenters. The Hall–Kier alpha value is -2.05. The summed E-state index contributed by atoms with van der Waals surface area (Å²) < 4.78 is 5.31. The van der Waals surface area contributed by atoms with Crippen molar-refractivity contribution in [3.8, 4) is 5.75 Å². The van der Waals surface area contributed by atoms with Gasteiger partial charge in [-0.1, -0.05) is 0 Å². The lowest BCUT2D eigenvalue weighted by Crippen LogP contribution is -2.33. The van der Waals surface area contributed by atoms with Crippen LogP contribution in [-0.2, 0) is 4.79 Å². The van der Waals surface area contributed by atoms with Gasteiger partial charge in [-0.15, -0.1) is 0 Å². The number of hydrogen-bond donors (Lipinski definition) is 2. The highest BCUT2D eigenvalue weighted by Gasteiger charge is 2.18. The predicted octanol–water partition coefficient (Wildman–Crippen LogP) is 0.951. The molecule has 1 aliphatic rings. The summed E-state index contributed by atoms with van der Waals surface area (Å²) in [4.78, 5) is 22.1. The van der Waals surface area contributed by atoms with Gasteiger partial charge in [-0.2, -0.15) is 0 Å². The second-order valence-electron chi connectivity index (χ2n) is 4.58. The van der Waals surface area contributed by atoms with E-state index in [0.29, 0.717) is 17.4 Å². The first-order valence-electron chi connectivity index (χ1n) is 6.90. The van der Waals surface area contributed by atoms with Gasteiger partial charge in [0.15, 0.2) is 11.6 Å². The Morgan fingerprint density at radius 1 is 1.30 bits per heavy atom. The van der Waals surface area contributed by atoms with E-state index in [2.05, 4.69) is 20.6 Å². The standard InChI is InChI=1S/C13H21N5O2/c1-3-14-12-11(20-2)13(17-9-16-12)15-8-10(19)18-6-4-5-7-18/h9H,3-8H2,1-2H3,(H2,14,15,16,17). The number of rotatable bonds is 6. The van der Waals surface area contributed by atoms with Crippen molar-refractivity contribution in [3.05, 3.63) is 6.33 Å². The molecule has 7 heteroatoms. The van der Waals surface area contributed by atoms with Crippen LogP contribution in [0.5, 0.6) is 5.75 Å². The summed E-state index contributed by atoms with van der Waals surface area (Å²) in [6, 6.07) is 0. The van der Waals surface area contributed by atoms with E-state index in [4.69, 9.17) is 4.74 Å². The third-order valence-corrected chi connectivity index (χ3v) is 3.22. The summed E-state index contributed by atoms with van der Waals surface area (Å²) in [6.07, 6.45) is 3.63. The first-order valence-corrected chi connectivity index (χ1v) is 6.90. The van der Waals surface area contributed by atoms with Gasteiger partial charge in [0.1, 0.15) is 6.33 Å². The topological polar surface area (TPSA) is 79.4 Å². The maximum Gasteiger partial charge on any atom is 0.241 e. The van der Waals surface area contributed by atoms with E-state index in [1.54, 1.807) is 7.11 Å². The third kappa shape index (κ3) is 3.28. The Balaban J connectivity index is 2.01. The van der Waals surface area contributed by atoms with E-state index < -0.39 is 0 Å². The van der Waals surface area contributed by atoms with Crippen LogP contribution < -0.4 is 15.4 Å². The van der Waals surface area contributed by atoms with Crippen LogP contribution in [0.4, 0.5) is 11.6 Å². The van der Waals surface area contributed by atoms with E-state index in [0.717, 1.165) is 32.5 Å². The molecule has 110 valence electrons. The molecule has 1 fully saturated rings. The zero-order chi connectivity index (χ0) is 14.4. The molecular formula is C13H21N5O2. The zero-order valence-electron chi connectivity index (χ0n) is 12.0. The van der Waals surface area contributed by atoms with Gasteiger partial charge in [-0.05, 0) is 19.8 Å². The lowest BCUT2D eigenvalue weighted by molar-refractivity contribution is -0.128. The molecule has 7 nitrogen and oxygen atoms in total. The summed E-state index contributed by atoms with van der Waals surface area (Å²) in [5.74, 6) is 1.78. The van der Waals surface area contributed by atoms with Gasteiger partial charge >= 0.3 is 0 Å². The van der Waals surface area contributed by atoms with Crippen LogP contribution in [0.15, 0.2) is 6.33 Å². The molecule has 1 aliphatic heterocycles. The smallest absolute Gasteiger partial charge is 0.241 e. The van der Waals surface area contributed by atoms with Crippen molar-refractivity contribution in [2.75, 3.05) is 43.9 Å². The Morgan fingerprint density at radius 3 is 2.55 bits per heavy atom. The average molecular weight is 279 g/mol. The first-order chi connectivity index (χ1) is 9.76. The van der Waals surface area contributed by atoms with Crippen LogP contribution in [0.25, 0.3) is 0 Å². The number of carbonyl (C=O) groups is 1. The molecule has 1 saturated heterocycles. The summed E-state index contributed by atoms with van der Waals surface area (Å²) in [5, 5.41) is 6.13. The third-order valence-electron chi connectivity index (χ3n) is 3.22. The minimum Gasteiger partial charge on any atom is -0.490 e. The number of nitrogens with zero attached hydrogens (tertiary/aromatic N) is 3. The Bertz CT molecular complexity index is 460. The van der Waals surface area contributed by atoms with Crippen molar-refractivity contribution in [2.24, 2.45) is 0 Å². The van der Waals surface area contributed by atoms with Crippen LogP contribution in [0.2, 0.25) is 0 Å². The quantitative estimate of drug-likeness (QED) is 0.807. The fourth-order valence-corrected chi connectivity index (χ4v) is 2.22. The summed E-state index contributed by atoms with van der Waals surface area (Å²) in [5.41, 5.74) is 0. The molecule has 0 bridgehead atoms. The number of hydrogen-bond acceptors (Lipinski definition) is 6. The van der Waals surface area contributed by atoms with Crippen LogP contribution in [0.3, 0.4) is 0 Å². The number of amides is 1. The highest BCUT2D eigenvalue weighted by Crippen LogP contribution is 2.28. The number of anilines is 2. The molecule has 2 N–H and O–H groups in total. The minimum absolute atomic E-state index is 0.0909. The van der Waals surface area contributed by atoms with E-state index in [-0.39, 0.29) is 12.5 Å². The van der Waals surface area contributed by atoms with Crippen molar-refractivity contribution in [1.82, 2.24) is 14.9 Å². The predicted molar refractivity (Wildman–Crippen MR) is 77.1 cm³/mol. The van der Waals surface area contributed by atoms with Gasteiger partial charge in [-0.25, -0.2) is 9.97 Å². The van der Waals surface area contributed by atoms with Crippen LogP contribution in [0, 0.1) is 0 Å². The lowest BCUT2D eigenvalue weighted by atomic mass is 10.4. The molecule has 2 heterocycles. The van der Waals surface area contributed by atoms with Crippen LogP contribution in [-0.4, -0.2) is 54.1 Å². The Labute approximate surface area is 118 Å². The molecule has 0 aliphatic carbocycles. The van der Waals surface area contributed by atoms with Gasteiger partial charge in [0.05, 0.1) is 13.7 Å². The number of nitrogens with one attached hydrogen (secondary N) is 2. The number of likely N-dealkylation sites (tertiary alicyclic amines) is 1. The van der Waals surface area contributed by atoms with Crippen molar-refractivity contribution in [2.45, 2.75) is 19.8 Å². The van der Waals surface area contributed by atoms with Crippen molar-refractivity contribution in [3.63, 3.8) is 0 Å². The second kappa shape index (κ2) is 6.93. The van der Waals surface area contributed by atoms with Gasteiger partial charge in [0.2, 0.25) is 11.7 Å². The number of ether oxygens (including phenoxy) is 1. The summed E-state index contributed by atoms with van der Waals surface area (Å²) in [7, 11) is 1.56. The number of aromatic nitrogens is 2. The van der Waals surface area contributed by atoms with Crippen molar-refractivity contribution in [1.29, 1.82) is 0 Å². The fraction of sp³-hybridized carbons (Fsp3) is 0.615. The highest BCUT2D eigenvalue weighted by molar-refractivity contribution is 5.81. The molecule has 1 amide bonds.